The highest BCUT2D eigenvalue weighted by atomic mass is 79.9. The molecule has 5 atom stereocenters. The molecule has 1 aliphatic carbocycles. The molecule has 0 radical (unpaired) electrons. The van der Waals surface area contributed by atoms with Crippen molar-refractivity contribution in [3.63, 3.8) is 0 Å². The van der Waals surface area contributed by atoms with E-state index in [0.29, 0.717) is 31.2 Å². The third-order valence-corrected chi connectivity index (χ3v) is 9.91. The lowest BCUT2D eigenvalue weighted by Crippen LogP contribution is -2.59. The van der Waals surface area contributed by atoms with E-state index in [1.807, 2.05) is 30.3 Å². The maximum atomic E-state index is 14.8. The summed E-state index contributed by atoms with van der Waals surface area (Å²) in [6.07, 6.45) is -0.133. The fourth-order valence-corrected chi connectivity index (χ4v) is 7.61. The quantitative estimate of drug-likeness (QED) is 0.150. The molecule has 9 heteroatoms. The average molecular weight is 756 g/mol. The van der Waals surface area contributed by atoms with E-state index in [1.165, 1.54) is 0 Å². The zero-order valence-corrected chi connectivity index (χ0v) is 28.2. The molecule has 0 aliphatic heterocycles. The molecule has 44 heavy (non-hydrogen) atoms. The number of ether oxygens (including phenoxy) is 1. The zero-order chi connectivity index (χ0) is 31.6. The molecule has 0 spiro atoms. The second-order valence-corrected chi connectivity index (χ2v) is 13.5. The molecule has 4 aromatic carbocycles. The van der Waals surface area contributed by atoms with Gasteiger partial charge < -0.3 is 9.84 Å². The summed E-state index contributed by atoms with van der Waals surface area (Å²) in [6.45, 7) is 1.70. The first-order valence-corrected chi connectivity index (χ1v) is 16.3. The van der Waals surface area contributed by atoms with Gasteiger partial charge in [0.1, 0.15) is 5.60 Å². The summed E-state index contributed by atoms with van der Waals surface area (Å²) in [5.74, 6) is -4.54. The summed E-state index contributed by atoms with van der Waals surface area (Å²) < 4.78 is 7.08. The molecule has 1 aliphatic rings. The number of benzene rings is 4. The average Bonchev–Trinajstić information content (AvgIpc) is 3.01. The van der Waals surface area contributed by atoms with E-state index in [2.05, 4.69) is 37.9 Å². The predicted molar refractivity (Wildman–Crippen MR) is 178 cm³/mol. The number of hydrogen-bond acceptors (Lipinski definition) is 5. The summed E-state index contributed by atoms with van der Waals surface area (Å²) in [4.78, 5) is 29.1. The number of nitrogens with zero attached hydrogens (tertiary/aromatic N) is 1. The van der Waals surface area contributed by atoms with Crippen LogP contribution < -0.4 is 0 Å². The van der Waals surface area contributed by atoms with Crippen molar-refractivity contribution >= 4 is 66.8 Å². The van der Waals surface area contributed by atoms with Crippen molar-refractivity contribution < 1.29 is 19.4 Å². The van der Waals surface area contributed by atoms with E-state index in [0.717, 1.165) is 4.47 Å². The minimum atomic E-state index is -1.91. The summed E-state index contributed by atoms with van der Waals surface area (Å²) in [5, 5.41) is 25.2. The predicted octanol–water partition coefficient (Wildman–Crippen LogP) is 9.25. The molecule has 224 valence electrons. The van der Waals surface area contributed by atoms with Crippen LogP contribution in [0.25, 0.3) is 0 Å². The van der Waals surface area contributed by atoms with Gasteiger partial charge in [-0.1, -0.05) is 91.5 Å². The lowest BCUT2D eigenvalue weighted by Gasteiger charge is -2.54. The fraction of sp³-hybridized carbons (Fsp3) is 0.229. The van der Waals surface area contributed by atoms with E-state index < -0.39 is 40.5 Å². The number of nitriles is 1. The second kappa shape index (κ2) is 13.2. The molecule has 0 bridgehead atoms. The Kier molecular flexibility index (Phi) is 9.69. The molecule has 0 unspecified atom stereocenters. The third-order valence-electron chi connectivity index (χ3n) is 8.42. The first kappa shape index (κ1) is 32.4. The Hall–Kier alpha value is -2.99. The normalized spacial score (nSPS) is 24.7. The number of esters is 1. The van der Waals surface area contributed by atoms with Gasteiger partial charge in [0.2, 0.25) is 0 Å². The minimum absolute atomic E-state index is 0.0237. The van der Waals surface area contributed by atoms with Crippen LogP contribution in [0.4, 0.5) is 0 Å². The van der Waals surface area contributed by atoms with Crippen LogP contribution >= 0.6 is 55.1 Å². The summed E-state index contributed by atoms with van der Waals surface area (Å²) in [6, 6.07) is 29.9. The highest BCUT2D eigenvalue weighted by Gasteiger charge is 2.67. The van der Waals surface area contributed by atoms with Crippen LogP contribution in [0.1, 0.15) is 52.2 Å². The van der Waals surface area contributed by atoms with Crippen molar-refractivity contribution in [2.45, 2.75) is 30.8 Å². The third kappa shape index (κ3) is 5.87. The summed E-state index contributed by atoms with van der Waals surface area (Å²) in [5.41, 5.74) is -1.89. The summed E-state index contributed by atoms with van der Waals surface area (Å²) >= 11 is 19.5. The molecule has 0 amide bonds. The van der Waals surface area contributed by atoms with Gasteiger partial charge in [0.15, 0.2) is 11.2 Å². The van der Waals surface area contributed by atoms with Crippen LogP contribution in [-0.4, -0.2) is 23.5 Å². The first-order valence-electron chi connectivity index (χ1n) is 13.9. The molecule has 4 aromatic rings. The van der Waals surface area contributed by atoms with Gasteiger partial charge in [0.25, 0.3) is 0 Å². The highest BCUT2D eigenvalue weighted by Crippen LogP contribution is 2.64. The SMILES string of the molecule is CCOC(=O)[C@]1(C#N)[C@H](c2cccc(Br)c2)C[C@](O)(c2ccc(Cl)cc2)[C@@H](C(=O)c2ccc(Cl)cc2)[C@@H]1c1cccc(Br)c1. The number of hydrogen-bond donors (Lipinski definition) is 1. The number of ketones is 1. The van der Waals surface area contributed by atoms with Crippen molar-refractivity contribution in [3.05, 3.63) is 138 Å². The number of aliphatic hydroxyl groups is 1. The molecular formula is C35H27Br2Cl2NO4. The van der Waals surface area contributed by atoms with Crippen LogP contribution in [0.3, 0.4) is 0 Å². The minimum Gasteiger partial charge on any atom is -0.465 e. The Morgan fingerprint density at radius 1 is 0.909 bits per heavy atom. The van der Waals surface area contributed by atoms with Crippen molar-refractivity contribution in [2.75, 3.05) is 6.61 Å². The molecule has 0 heterocycles. The van der Waals surface area contributed by atoms with Gasteiger partial charge in [0.05, 0.1) is 18.6 Å². The molecule has 5 rings (SSSR count). The zero-order valence-electron chi connectivity index (χ0n) is 23.5. The van der Waals surface area contributed by atoms with E-state index in [1.54, 1.807) is 73.7 Å². The molecule has 1 fully saturated rings. The molecule has 1 N–H and O–H groups in total. The lowest BCUT2D eigenvalue weighted by atomic mass is 9.47. The maximum absolute atomic E-state index is 14.8. The Morgan fingerprint density at radius 2 is 1.45 bits per heavy atom. The Bertz CT molecular complexity index is 1740. The van der Waals surface area contributed by atoms with Crippen molar-refractivity contribution in [1.82, 2.24) is 0 Å². The summed E-state index contributed by atoms with van der Waals surface area (Å²) in [7, 11) is 0. The van der Waals surface area contributed by atoms with Gasteiger partial charge >= 0.3 is 5.97 Å². The van der Waals surface area contributed by atoms with Gasteiger partial charge in [-0.15, -0.1) is 0 Å². The fourth-order valence-electron chi connectivity index (χ4n) is 6.52. The van der Waals surface area contributed by atoms with E-state index in [9.17, 15) is 20.0 Å². The number of halogens is 4. The molecule has 0 aromatic heterocycles. The van der Waals surface area contributed by atoms with Gasteiger partial charge in [-0.3, -0.25) is 9.59 Å². The van der Waals surface area contributed by atoms with E-state index in [4.69, 9.17) is 27.9 Å². The van der Waals surface area contributed by atoms with Crippen molar-refractivity contribution in [1.29, 1.82) is 5.26 Å². The number of rotatable bonds is 7. The van der Waals surface area contributed by atoms with Gasteiger partial charge in [0, 0.05) is 36.4 Å². The monoisotopic (exact) mass is 753 g/mol. The van der Waals surface area contributed by atoms with Crippen LogP contribution in [-0.2, 0) is 15.1 Å². The van der Waals surface area contributed by atoms with Crippen LogP contribution in [0.5, 0.6) is 0 Å². The molecular weight excluding hydrogens is 729 g/mol. The topological polar surface area (TPSA) is 87.4 Å². The Balaban J connectivity index is 1.91. The van der Waals surface area contributed by atoms with Crippen LogP contribution in [0.2, 0.25) is 10.0 Å². The maximum Gasteiger partial charge on any atom is 0.327 e. The van der Waals surface area contributed by atoms with Crippen LogP contribution in [0.15, 0.2) is 106 Å². The smallest absolute Gasteiger partial charge is 0.327 e. The first-order chi connectivity index (χ1) is 21.0. The van der Waals surface area contributed by atoms with Crippen LogP contribution in [0, 0.1) is 22.7 Å². The van der Waals surface area contributed by atoms with Gasteiger partial charge in [-0.05, 0) is 90.7 Å². The van der Waals surface area contributed by atoms with E-state index >= 15 is 0 Å². The van der Waals surface area contributed by atoms with Gasteiger partial charge in [-0.2, -0.15) is 5.26 Å². The Labute approximate surface area is 283 Å². The lowest BCUT2D eigenvalue weighted by molar-refractivity contribution is -0.164. The number of Topliss-reactive ketones (excluding diaryl/α,β-unsaturated/α-hetero) is 1. The number of carbonyl (C=O) groups excluding carboxylic acids is 2. The van der Waals surface area contributed by atoms with Gasteiger partial charge in [-0.25, -0.2) is 0 Å². The largest absolute Gasteiger partial charge is 0.465 e. The molecule has 0 saturated heterocycles. The number of carbonyl (C=O) groups is 2. The molecule has 5 nitrogen and oxygen atoms in total. The standard InChI is InChI=1S/C35H27Br2Cl2NO4/c1-2-44-33(42)34(20-40)29(22-5-3-7-25(36)17-22)19-35(43,24-11-15-28(39)16-12-24)31(30(34)23-6-4-8-26(37)18-23)32(41)21-9-13-27(38)14-10-21/h3-18,29-31,43H,2,19H2,1H3/t29-,30-,31+,34+,35-/m0/s1. The Morgan fingerprint density at radius 3 is 2.00 bits per heavy atom. The van der Waals surface area contributed by atoms with Crippen molar-refractivity contribution in [2.24, 2.45) is 11.3 Å². The highest BCUT2D eigenvalue weighted by molar-refractivity contribution is 9.10. The van der Waals surface area contributed by atoms with E-state index in [-0.39, 0.29) is 18.6 Å². The second-order valence-electron chi connectivity index (χ2n) is 10.8. The molecule has 1 saturated carbocycles. The van der Waals surface area contributed by atoms with Crippen molar-refractivity contribution in [3.8, 4) is 6.07 Å².